The molecule has 2 aliphatic heterocycles. The van der Waals surface area contributed by atoms with E-state index in [-0.39, 0.29) is 17.9 Å². The van der Waals surface area contributed by atoms with E-state index in [2.05, 4.69) is 16.4 Å². The van der Waals surface area contributed by atoms with Gasteiger partial charge < -0.3 is 15.1 Å². The van der Waals surface area contributed by atoms with Crippen LogP contribution in [0.25, 0.3) is 0 Å². The molecule has 1 N–H and O–H groups in total. The Morgan fingerprint density at radius 1 is 1.31 bits per heavy atom. The van der Waals surface area contributed by atoms with Gasteiger partial charge in [0.25, 0.3) is 0 Å². The van der Waals surface area contributed by atoms with Gasteiger partial charge in [0.2, 0.25) is 0 Å². The number of benzene rings is 1. The second kappa shape index (κ2) is 8.56. The molecule has 0 bridgehead atoms. The first-order chi connectivity index (χ1) is 12.6. The molecule has 0 aliphatic carbocycles. The molecule has 3 rings (SSSR count). The Morgan fingerprint density at radius 2 is 2.15 bits per heavy atom. The zero-order valence-electron chi connectivity index (χ0n) is 14.6. The van der Waals surface area contributed by atoms with Gasteiger partial charge in [-0.2, -0.15) is 5.26 Å². The van der Waals surface area contributed by atoms with Gasteiger partial charge in [-0.25, -0.2) is 9.18 Å². The normalized spacial score (nSPS) is 21.3. The molecule has 8 heteroatoms. The highest BCUT2D eigenvalue weighted by atomic mass is 35.5. The average Bonchev–Trinajstić information content (AvgIpc) is 2.94. The van der Waals surface area contributed by atoms with Crippen LogP contribution in [0.5, 0.6) is 0 Å². The van der Waals surface area contributed by atoms with Crippen molar-refractivity contribution in [2.24, 2.45) is 0 Å². The minimum Gasteiger partial charge on any atom is -0.333 e. The SMILES string of the molecule is N#CN1CC[C@@H](NC(=O)N2CCCN(Cc3c(F)cccc3Cl)CC2)C1. The molecule has 2 fully saturated rings. The van der Waals surface area contributed by atoms with Gasteiger partial charge in [-0.3, -0.25) is 4.90 Å². The molecule has 6 nitrogen and oxygen atoms in total. The van der Waals surface area contributed by atoms with Gasteiger partial charge in [-0.1, -0.05) is 17.7 Å². The van der Waals surface area contributed by atoms with Crippen molar-refractivity contribution in [1.29, 1.82) is 5.26 Å². The summed E-state index contributed by atoms with van der Waals surface area (Å²) < 4.78 is 14.0. The van der Waals surface area contributed by atoms with Gasteiger partial charge in [-0.15, -0.1) is 0 Å². The van der Waals surface area contributed by atoms with Crippen LogP contribution in [0.15, 0.2) is 18.2 Å². The third-order valence-corrected chi connectivity index (χ3v) is 5.33. The molecule has 26 heavy (non-hydrogen) atoms. The number of carbonyl (C=O) groups excluding carboxylic acids is 1. The molecule has 0 radical (unpaired) electrons. The van der Waals surface area contributed by atoms with Crippen molar-refractivity contribution in [1.82, 2.24) is 20.0 Å². The number of halogens is 2. The van der Waals surface area contributed by atoms with Gasteiger partial charge >= 0.3 is 6.03 Å². The predicted molar refractivity (Wildman–Crippen MR) is 97.0 cm³/mol. The van der Waals surface area contributed by atoms with Gasteiger partial charge in [0.15, 0.2) is 6.19 Å². The number of carbonyl (C=O) groups is 1. The lowest BCUT2D eigenvalue weighted by molar-refractivity contribution is 0.194. The van der Waals surface area contributed by atoms with E-state index < -0.39 is 0 Å². The molecule has 2 saturated heterocycles. The Hall–Kier alpha value is -2.04. The van der Waals surface area contributed by atoms with Crippen molar-refractivity contribution in [3.8, 4) is 6.19 Å². The van der Waals surface area contributed by atoms with Crippen molar-refractivity contribution in [3.05, 3.63) is 34.6 Å². The maximum Gasteiger partial charge on any atom is 0.317 e. The maximum absolute atomic E-state index is 14.0. The lowest BCUT2D eigenvalue weighted by atomic mass is 10.2. The number of urea groups is 1. The summed E-state index contributed by atoms with van der Waals surface area (Å²) in [7, 11) is 0. The summed E-state index contributed by atoms with van der Waals surface area (Å²) in [5.74, 6) is -0.292. The summed E-state index contributed by atoms with van der Waals surface area (Å²) >= 11 is 6.12. The van der Waals surface area contributed by atoms with Gasteiger partial charge in [0, 0.05) is 56.4 Å². The fourth-order valence-corrected chi connectivity index (χ4v) is 3.70. The van der Waals surface area contributed by atoms with E-state index in [1.54, 1.807) is 21.9 Å². The molecule has 2 heterocycles. The summed E-state index contributed by atoms with van der Waals surface area (Å²) in [6, 6.07) is 4.67. The third kappa shape index (κ3) is 4.57. The van der Waals surface area contributed by atoms with Crippen molar-refractivity contribution in [2.75, 3.05) is 39.3 Å². The molecular weight excluding hydrogens is 357 g/mol. The van der Waals surface area contributed by atoms with Crippen molar-refractivity contribution in [3.63, 3.8) is 0 Å². The zero-order valence-corrected chi connectivity index (χ0v) is 15.4. The summed E-state index contributed by atoms with van der Waals surface area (Å²) in [5.41, 5.74) is 0.509. The molecule has 0 saturated carbocycles. The van der Waals surface area contributed by atoms with Crippen LogP contribution in [0.1, 0.15) is 18.4 Å². The maximum atomic E-state index is 14.0. The summed E-state index contributed by atoms with van der Waals surface area (Å²) in [4.78, 5) is 18.1. The van der Waals surface area contributed by atoms with Gasteiger partial charge in [0.1, 0.15) is 5.82 Å². The smallest absolute Gasteiger partial charge is 0.317 e. The standard InChI is InChI=1S/C18H23ClFN5O/c19-16-3-1-4-17(20)15(16)12-23-6-2-7-25(10-9-23)18(26)22-14-5-8-24(11-14)13-21/h1,3-4,14H,2,5-12H2,(H,22,26)/t14-/m1/s1. The Labute approximate surface area is 158 Å². The first-order valence-electron chi connectivity index (χ1n) is 8.92. The predicted octanol–water partition coefficient (Wildman–Crippen LogP) is 2.25. The molecule has 0 unspecified atom stereocenters. The summed E-state index contributed by atoms with van der Waals surface area (Å²) in [6.45, 7) is 4.44. The highest BCUT2D eigenvalue weighted by Crippen LogP contribution is 2.21. The highest BCUT2D eigenvalue weighted by Gasteiger charge is 2.26. The van der Waals surface area contributed by atoms with E-state index in [0.29, 0.717) is 49.9 Å². The Balaban J connectivity index is 1.52. The fraction of sp³-hybridized carbons (Fsp3) is 0.556. The van der Waals surface area contributed by atoms with Crippen LogP contribution in [0, 0.1) is 17.3 Å². The minimum absolute atomic E-state index is 0.0266. The van der Waals surface area contributed by atoms with E-state index in [9.17, 15) is 9.18 Å². The molecule has 140 valence electrons. The molecule has 1 aromatic rings. The van der Waals surface area contributed by atoms with Crippen molar-refractivity contribution in [2.45, 2.75) is 25.4 Å². The van der Waals surface area contributed by atoms with Crippen LogP contribution in [-0.4, -0.2) is 66.0 Å². The number of hydrogen-bond acceptors (Lipinski definition) is 4. The van der Waals surface area contributed by atoms with E-state index in [0.717, 1.165) is 19.4 Å². The van der Waals surface area contributed by atoms with Crippen LogP contribution >= 0.6 is 11.6 Å². The minimum atomic E-state index is -0.292. The Morgan fingerprint density at radius 3 is 2.88 bits per heavy atom. The molecule has 0 spiro atoms. The molecule has 2 aliphatic rings. The second-order valence-electron chi connectivity index (χ2n) is 6.80. The monoisotopic (exact) mass is 379 g/mol. The van der Waals surface area contributed by atoms with Gasteiger partial charge in [0.05, 0.1) is 6.04 Å². The number of nitrogens with zero attached hydrogens (tertiary/aromatic N) is 4. The zero-order chi connectivity index (χ0) is 18.5. The molecule has 2 amide bonds. The molecular formula is C18H23ClFN5O. The summed E-state index contributed by atoms with van der Waals surface area (Å²) in [6.07, 6.45) is 3.74. The summed E-state index contributed by atoms with van der Waals surface area (Å²) in [5, 5.41) is 12.4. The number of rotatable bonds is 3. The third-order valence-electron chi connectivity index (χ3n) is 4.98. The number of hydrogen-bond donors (Lipinski definition) is 1. The van der Waals surface area contributed by atoms with Gasteiger partial charge in [-0.05, 0) is 25.0 Å². The molecule has 0 aromatic heterocycles. The number of nitrogens with one attached hydrogen (secondary N) is 1. The fourth-order valence-electron chi connectivity index (χ4n) is 3.47. The van der Waals surface area contributed by atoms with E-state index >= 15 is 0 Å². The van der Waals surface area contributed by atoms with Crippen LogP contribution in [-0.2, 0) is 6.54 Å². The number of likely N-dealkylation sites (tertiary alicyclic amines) is 1. The average molecular weight is 380 g/mol. The highest BCUT2D eigenvalue weighted by molar-refractivity contribution is 6.31. The Kier molecular flexibility index (Phi) is 6.17. The second-order valence-corrected chi connectivity index (χ2v) is 7.21. The van der Waals surface area contributed by atoms with E-state index in [1.807, 2.05) is 0 Å². The molecule has 1 atom stereocenters. The lowest BCUT2D eigenvalue weighted by Gasteiger charge is -2.24. The van der Waals surface area contributed by atoms with Crippen molar-refractivity contribution >= 4 is 17.6 Å². The topological polar surface area (TPSA) is 62.6 Å². The first-order valence-corrected chi connectivity index (χ1v) is 9.30. The van der Waals surface area contributed by atoms with Crippen LogP contribution in [0.2, 0.25) is 5.02 Å². The lowest BCUT2D eigenvalue weighted by Crippen LogP contribution is -2.46. The van der Waals surface area contributed by atoms with E-state index in [4.69, 9.17) is 16.9 Å². The van der Waals surface area contributed by atoms with Crippen LogP contribution in [0.3, 0.4) is 0 Å². The molecule has 1 aromatic carbocycles. The van der Waals surface area contributed by atoms with Crippen LogP contribution in [0.4, 0.5) is 9.18 Å². The van der Waals surface area contributed by atoms with Crippen molar-refractivity contribution < 1.29 is 9.18 Å². The first kappa shape index (κ1) is 18.7. The quantitative estimate of drug-likeness (QED) is 0.818. The number of amides is 2. The Bertz CT molecular complexity index is 674. The largest absolute Gasteiger partial charge is 0.333 e. The number of nitriles is 1. The van der Waals surface area contributed by atoms with E-state index in [1.165, 1.54) is 6.07 Å². The van der Waals surface area contributed by atoms with Crippen LogP contribution < -0.4 is 5.32 Å².